The van der Waals surface area contributed by atoms with Gasteiger partial charge in [0.1, 0.15) is 25.3 Å². The second kappa shape index (κ2) is 21.0. The lowest BCUT2D eigenvalue weighted by atomic mass is 10.1. The Bertz CT molecular complexity index is 2210. The highest BCUT2D eigenvalue weighted by molar-refractivity contribution is 7.89. The van der Waals surface area contributed by atoms with Crippen molar-refractivity contribution in [3.63, 3.8) is 0 Å². The van der Waals surface area contributed by atoms with Gasteiger partial charge < -0.3 is 20.1 Å². The van der Waals surface area contributed by atoms with E-state index < -0.39 is 58.4 Å². The van der Waals surface area contributed by atoms with E-state index in [-0.39, 0.29) is 39.1 Å². The Morgan fingerprint density at radius 3 is 1.53 bits per heavy atom. The molecule has 0 unspecified atom stereocenters. The first-order valence-corrected chi connectivity index (χ1v) is 21.3. The molecule has 316 valence electrons. The van der Waals surface area contributed by atoms with E-state index in [1.54, 1.807) is 48.5 Å². The summed E-state index contributed by atoms with van der Waals surface area (Å²) in [7, 11) is -2.51. The Morgan fingerprint density at radius 1 is 0.667 bits per heavy atom. The Balaban J connectivity index is 1.02. The fraction of sp³-hybridized carbons (Fsp3) is 0.286. The molecular formula is C42H44N4O12S2. The van der Waals surface area contributed by atoms with Gasteiger partial charge in [-0.2, -0.15) is 8.42 Å². The van der Waals surface area contributed by atoms with Gasteiger partial charge in [-0.25, -0.2) is 14.5 Å². The van der Waals surface area contributed by atoms with Gasteiger partial charge in [-0.1, -0.05) is 97.1 Å². The number of nitrogens with one attached hydrogen (secondary N) is 2. The fourth-order valence-corrected chi connectivity index (χ4v) is 7.56. The van der Waals surface area contributed by atoms with Crippen LogP contribution in [0.25, 0.3) is 12.2 Å². The molecule has 2 aliphatic heterocycles. The first-order valence-electron chi connectivity index (χ1n) is 18.8. The van der Waals surface area contributed by atoms with Crippen molar-refractivity contribution in [2.45, 2.75) is 50.3 Å². The summed E-state index contributed by atoms with van der Waals surface area (Å²) >= 11 is 0.616. The number of hydrogen-bond donors (Lipinski definition) is 2. The number of carbonyl (C=O) groups excluding carboxylic acids is 4. The molecular weight excluding hydrogens is 817 g/mol. The van der Waals surface area contributed by atoms with Crippen molar-refractivity contribution in [1.82, 2.24) is 9.80 Å². The van der Waals surface area contributed by atoms with Crippen LogP contribution in [0.4, 0.5) is 21.0 Å². The highest BCUT2D eigenvalue weighted by Crippen LogP contribution is 2.28. The van der Waals surface area contributed by atoms with Gasteiger partial charge >= 0.3 is 12.2 Å². The average Bonchev–Trinajstić information content (AvgIpc) is 3.87. The Kier molecular flexibility index (Phi) is 15.3. The van der Waals surface area contributed by atoms with Crippen molar-refractivity contribution in [3.05, 3.63) is 131 Å². The van der Waals surface area contributed by atoms with Crippen LogP contribution in [-0.4, -0.2) is 93.0 Å². The van der Waals surface area contributed by atoms with E-state index in [2.05, 4.69) is 15.5 Å². The lowest BCUT2D eigenvalue weighted by molar-refractivity contribution is -0.167. The van der Waals surface area contributed by atoms with Gasteiger partial charge in [-0.15, -0.1) is 4.33 Å². The molecule has 6 rings (SSSR count). The summed E-state index contributed by atoms with van der Waals surface area (Å²) in [6.45, 7) is 0.00398. The minimum absolute atomic E-state index is 0.0181. The van der Waals surface area contributed by atoms with Crippen LogP contribution in [-0.2, 0) is 60.0 Å². The van der Waals surface area contributed by atoms with E-state index in [9.17, 15) is 27.6 Å². The topological polar surface area (TPSA) is 188 Å². The number of likely N-dealkylation sites (tertiary alicyclic amines) is 2. The van der Waals surface area contributed by atoms with Crippen LogP contribution in [0.5, 0.6) is 0 Å². The molecule has 0 bridgehead atoms. The Hall–Kier alpha value is -5.76. The van der Waals surface area contributed by atoms with Crippen LogP contribution in [0, 0.1) is 0 Å². The molecule has 2 heterocycles. The average molecular weight is 861 g/mol. The molecule has 2 fully saturated rings. The highest BCUT2D eigenvalue weighted by atomic mass is 32.2. The van der Waals surface area contributed by atoms with Gasteiger partial charge in [-0.05, 0) is 46.5 Å². The summed E-state index contributed by atoms with van der Waals surface area (Å²) in [5.74, 6) is -0.925. The summed E-state index contributed by atoms with van der Waals surface area (Å²) in [6.07, 6.45) is 2.00. The van der Waals surface area contributed by atoms with Crippen molar-refractivity contribution >= 4 is 70.0 Å². The van der Waals surface area contributed by atoms with Gasteiger partial charge in [0.25, 0.3) is 10.1 Å². The smallest absolute Gasteiger partial charge is 0.410 e. The normalized spacial score (nSPS) is 19.0. The second-order valence-corrected chi connectivity index (χ2v) is 16.0. The molecule has 0 spiro atoms. The van der Waals surface area contributed by atoms with Crippen molar-refractivity contribution in [2.24, 2.45) is 0 Å². The quantitative estimate of drug-likeness (QED) is 0.0314. The monoisotopic (exact) mass is 860 g/mol. The first kappa shape index (κ1) is 43.8. The molecule has 4 aromatic rings. The minimum Gasteiger partial charge on any atom is -0.445 e. The number of anilines is 2. The second-order valence-electron chi connectivity index (χ2n) is 13.9. The molecule has 16 nitrogen and oxygen atoms in total. The molecule has 2 saturated heterocycles. The van der Waals surface area contributed by atoms with Crippen LogP contribution in [0.2, 0.25) is 0 Å². The zero-order chi connectivity index (χ0) is 42.5. The lowest BCUT2D eigenvalue weighted by Crippen LogP contribution is -2.43. The molecule has 0 aromatic heterocycles. The van der Waals surface area contributed by atoms with E-state index in [1.807, 2.05) is 72.8 Å². The number of hydrogen-bond acceptors (Lipinski definition) is 13. The van der Waals surface area contributed by atoms with E-state index in [1.165, 1.54) is 16.9 Å². The van der Waals surface area contributed by atoms with Gasteiger partial charge in [0.05, 0.1) is 38.7 Å². The standard InChI is InChI=1S/C42H44N4O12S2/c1-53-58-59-56-35-23-37(45(25-35)41(49)54-27-31-9-5-3-6-10-31)39(47)43-33-19-15-29(16-20-33)13-14-30-17-21-34(22-18-30)44-40(48)38-24-36(57-60(2,51)52)26-46(38)42(50)55-28-32-11-7-4-8-12-32/h3-22,35-38H,23-28H2,1-2H3,(H,43,47)(H,44,48)/t35-,36-,37+,38+/m1/s1. The molecule has 2 aliphatic rings. The molecule has 4 amide bonds. The number of ether oxygens (including phenoxy) is 2. The third-order valence-corrected chi connectivity index (χ3v) is 10.6. The van der Waals surface area contributed by atoms with Crippen molar-refractivity contribution in [2.75, 3.05) is 37.1 Å². The van der Waals surface area contributed by atoms with Gasteiger partial charge in [0.2, 0.25) is 11.8 Å². The maximum absolute atomic E-state index is 13.5. The molecule has 4 atom stereocenters. The van der Waals surface area contributed by atoms with Gasteiger partial charge in [0.15, 0.2) is 12.3 Å². The number of carbonyl (C=O) groups is 4. The predicted octanol–water partition coefficient (Wildman–Crippen LogP) is 6.43. The molecule has 4 aromatic carbocycles. The molecule has 0 aliphatic carbocycles. The number of rotatable bonds is 16. The number of nitrogens with zero attached hydrogens (tertiary/aromatic N) is 2. The third-order valence-electron chi connectivity index (χ3n) is 9.42. The Morgan fingerprint density at radius 2 is 1.10 bits per heavy atom. The number of benzene rings is 4. The van der Waals surface area contributed by atoms with Crippen LogP contribution in [0.15, 0.2) is 109 Å². The summed E-state index contributed by atoms with van der Waals surface area (Å²) < 4.78 is 50.0. The van der Waals surface area contributed by atoms with E-state index in [4.69, 9.17) is 22.2 Å². The maximum atomic E-state index is 13.5. The van der Waals surface area contributed by atoms with E-state index in [0.717, 1.165) is 28.5 Å². The molecule has 0 saturated carbocycles. The molecule has 18 heteroatoms. The lowest BCUT2D eigenvalue weighted by Gasteiger charge is -2.23. The third kappa shape index (κ3) is 12.9. The van der Waals surface area contributed by atoms with E-state index in [0.29, 0.717) is 23.7 Å². The fourth-order valence-electron chi connectivity index (χ4n) is 6.58. The zero-order valence-corrected chi connectivity index (χ0v) is 34.3. The van der Waals surface area contributed by atoms with E-state index >= 15 is 0 Å². The first-order chi connectivity index (χ1) is 28.9. The van der Waals surface area contributed by atoms with Crippen LogP contribution in [0.3, 0.4) is 0 Å². The molecule has 60 heavy (non-hydrogen) atoms. The highest BCUT2D eigenvalue weighted by Gasteiger charge is 2.43. The van der Waals surface area contributed by atoms with Crippen molar-refractivity contribution in [1.29, 1.82) is 0 Å². The van der Waals surface area contributed by atoms with Crippen molar-refractivity contribution in [3.8, 4) is 0 Å². The zero-order valence-electron chi connectivity index (χ0n) is 32.7. The minimum atomic E-state index is -3.84. The molecule has 2 N–H and O–H groups in total. The van der Waals surface area contributed by atoms with Crippen molar-refractivity contribution < 1.29 is 54.7 Å². The predicted molar refractivity (Wildman–Crippen MR) is 223 cm³/mol. The summed E-state index contributed by atoms with van der Waals surface area (Å²) in [6, 6.07) is 30.5. The largest absolute Gasteiger partial charge is 0.445 e. The van der Waals surface area contributed by atoms with Crippen LogP contribution >= 0.6 is 12.3 Å². The van der Waals surface area contributed by atoms with Crippen LogP contribution < -0.4 is 10.6 Å². The van der Waals surface area contributed by atoms with Gasteiger partial charge in [-0.3, -0.25) is 27.8 Å². The van der Waals surface area contributed by atoms with Crippen LogP contribution in [0.1, 0.15) is 35.1 Å². The Labute approximate surface area is 352 Å². The summed E-state index contributed by atoms with van der Waals surface area (Å²) in [5, 5.41) is 5.68. The summed E-state index contributed by atoms with van der Waals surface area (Å²) in [5.41, 5.74) is 4.22. The maximum Gasteiger partial charge on any atom is 0.410 e. The number of amides is 4. The SMILES string of the molecule is COOSO[C@@H]1C[C@@H](C(=O)Nc2ccc(C=Cc3ccc(NC(=O)[C@@H]4C[C@@H](OS(C)(=O)=O)CN4C(=O)OCc4ccccc4)cc3)cc2)N(C(=O)OCc2ccccc2)C1. The summed E-state index contributed by atoms with van der Waals surface area (Å²) in [4.78, 5) is 60.1. The molecule has 0 radical (unpaired) electrons. The van der Waals surface area contributed by atoms with Gasteiger partial charge in [0, 0.05) is 24.2 Å².